The largest absolute Gasteiger partial charge is 0.345 e. The van der Waals surface area contributed by atoms with Crippen LogP contribution in [0.4, 0.5) is 11.4 Å². The van der Waals surface area contributed by atoms with Gasteiger partial charge >= 0.3 is 0 Å². The summed E-state index contributed by atoms with van der Waals surface area (Å²) in [6.07, 6.45) is 0. The van der Waals surface area contributed by atoms with Crippen LogP contribution in [0.2, 0.25) is 0 Å². The monoisotopic (exact) mass is 1210 g/mol. The number of aromatic nitrogens is 3. The third kappa shape index (κ3) is 9.13. The van der Waals surface area contributed by atoms with Crippen LogP contribution in [0.1, 0.15) is 0 Å². The van der Waals surface area contributed by atoms with Crippen molar-refractivity contribution in [2.45, 2.75) is 0 Å². The third-order valence-corrected chi connectivity index (χ3v) is 20.1. The van der Waals surface area contributed by atoms with Crippen molar-refractivity contribution in [1.82, 2.24) is 13.7 Å². The molecule has 3 aromatic heterocycles. The van der Waals surface area contributed by atoms with E-state index in [-0.39, 0.29) is 0 Å². The Labute approximate surface area is 551 Å². The van der Waals surface area contributed by atoms with Crippen molar-refractivity contribution >= 4 is 76.8 Å². The lowest BCUT2D eigenvalue weighted by Crippen LogP contribution is -2.08. The molecule has 0 spiro atoms. The second-order valence-electron chi connectivity index (χ2n) is 25.4. The summed E-state index contributed by atoms with van der Waals surface area (Å²) in [6.45, 7) is 0. The van der Waals surface area contributed by atoms with Crippen molar-refractivity contribution in [2.24, 2.45) is 0 Å². The van der Waals surface area contributed by atoms with Gasteiger partial charge in [-0.3, -0.25) is 0 Å². The van der Waals surface area contributed by atoms with Gasteiger partial charge in [0, 0.05) is 67.8 Å². The van der Waals surface area contributed by atoms with Crippen LogP contribution in [0.3, 0.4) is 0 Å². The number of rotatable bonds is 3. The minimum absolute atomic E-state index is 1.13. The Bertz CT molecular complexity index is 5650. The van der Waals surface area contributed by atoms with Crippen molar-refractivity contribution < 1.29 is 0 Å². The summed E-state index contributed by atoms with van der Waals surface area (Å²) < 4.78 is 7.23. The summed E-state index contributed by atoms with van der Waals surface area (Å²) in [5, 5.41) is 7.33. The van der Waals surface area contributed by atoms with Crippen LogP contribution in [0.25, 0.3) is 171 Å². The zero-order chi connectivity index (χ0) is 62.7. The zero-order valence-electron chi connectivity index (χ0n) is 52.2. The van der Waals surface area contributed by atoms with Crippen LogP contribution >= 0.6 is 0 Å². The Morgan fingerprint density at radius 3 is 0.495 bits per heavy atom. The molecule has 444 valence electrons. The van der Waals surface area contributed by atoms with Gasteiger partial charge in [0.1, 0.15) is 0 Å². The second-order valence-corrected chi connectivity index (χ2v) is 25.4. The van der Waals surface area contributed by atoms with Gasteiger partial charge in [-0.05, 0) is 222 Å². The molecule has 0 saturated heterocycles. The summed E-state index contributed by atoms with van der Waals surface area (Å²) in [6, 6.07) is 128. The number of hydrogen-bond donors (Lipinski definition) is 0. The molecule has 24 bridgehead atoms. The van der Waals surface area contributed by atoms with Crippen LogP contribution in [0, 0.1) is 0 Å². The molecule has 9 aliphatic heterocycles. The van der Waals surface area contributed by atoms with E-state index in [2.05, 4.69) is 371 Å². The van der Waals surface area contributed by atoms with Crippen molar-refractivity contribution in [1.29, 1.82) is 0 Å². The molecule has 9 aliphatic rings. The first kappa shape index (κ1) is 54.3. The molecule has 4 nitrogen and oxygen atoms in total. The van der Waals surface area contributed by atoms with Crippen molar-refractivity contribution in [3.63, 3.8) is 0 Å². The number of nitrogens with zero attached hydrogens (tertiary/aromatic N) is 4. The Morgan fingerprint density at radius 1 is 0.147 bits per heavy atom. The number of para-hydroxylation sites is 3. The number of benzene rings is 15. The van der Waals surface area contributed by atoms with Crippen molar-refractivity contribution in [3.05, 3.63) is 346 Å². The first-order chi connectivity index (χ1) is 47.0. The van der Waals surface area contributed by atoms with Gasteiger partial charge in [-0.1, -0.05) is 212 Å². The van der Waals surface area contributed by atoms with Crippen molar-refractivity contribution in [2.75, 3.05) is 11.9 Å². The zero-order valence-corrected chi connectivity index (χ0v) is 52.2. The predicted molar refractivity (Wildman–Crippen MR) is 401 cm³/mol. The van der Waals surface area contributed by atoms with E-state index in [1.54, 1.807) is 0 Å². The van der Waals surface area contributed by atoms with Gasteiger partial charge < -0.3 is 18.6 Å². The molecule has 12 heterocycles. The van der Waals surface area contributed by atoms with E-state index in [0.717, 1.165) is 28.4 Å². The van der Waals surface area contributed by atoms with Gasteiger partial charge in [0.05, 0.1) is 33.1 Å². The summed E-state index contributed by atoms with van der Waals surface area (Å²) in [5.41, 5.74) is 31.6. The average Bonchev–Trinajstić information content (AvgIpc) is 1.61. The predicted octanol–water partition coefficient (Wildman–Crippen LogP) is 24.4. The lowest BCUT2D eigenvalue weighted by atomic mass is 9.96. The van der Waals surface area contributed by atoms with Gasteiger partial charge in [0.25, 0.3) is 0 Å². The molecular formula is C91H60N4. The van der Waals surface area contributed by atoms with Gasteiger partial charge in [-0.2, -0.15) is 0 Å². The van der Waals surface area contributed by atoms with Gasteiger partial charge in [0.15, 0.2) is 0 Å². The molecule has 0 saturated carbocycles. The Hall–Kier alpha value is -12.5. The lowest BCUT2D eigenvalue weighted by Gasteiger charge is -2.20. The van der Waals surface area contributed by atoms with E-state index in [4.69, 9.17) is 0 Å². The maximum atomic E-state index is 2.41. The van der Waals surface area contributed by atoms with Crippen LogP contribution in [0.5, 0.6) is 0 Å². The number of anilines is 2. The van der Waals surface area contributed by atoms with Crippen LogP contribution in [-0.4, -0.2) is 20.7 Å². The molecule has 18 aromatic rings. The van der Waals surface area contributed by atoms with Crippen LogP contribution in [0.15, 0.2) is 346 Å². The first-order valence-corrected chi connectivity index (χ1v) is 32.7. The fraction of sp³-hybridized carbons (Fsp3) is 0.0110. The summed E-state index contributed by atoms with van der Waals surface area (Å²) in [5.74, 6) is 0. The number of hydrogen-bond acceptors (Lipinski definition) is 1. The van der Waals surface area contributed by atoms with Crippen LogP contribution in [-0.2, 0) is 0 Å². The molecule has 0 N–H and O–H groups in total. The minimum Gasteiger partial charge on any atom is -0.345 e. The third-order valence-electron chi connectivity index (χ3n) is 20.1. The highest BCUT2D eigenvalue weighted by atomic mass is 15.1. The molecular weight excluding hydrogens is 1150 g/mol. The van der Waals surface area contributed by atoms with Crippen LogP contribution < -0.4 is 4.90 Å². The molecule has 0 radical (unpaired) electrons. The average molecular weight is 1210 g/mol. The van der Waals surface area contributed by atoms with E-state index >= 15 is 0 Å². The summed E-state index contributed by atoms with van der Waals surface area (Å²) in [7, 11) is 2.15. The summed E-state index contributed by atoms with van der Waals surface area (Å²) in [4.78, 5) is 2.26. The van der Waals surface area contributed by atoms with E-state index < -0.39 is 0 Å². The molecule has 0 amide bonds. The number of fused-ring (bicyclic) bond motifs is 2. The summed E-state index contributed by atoms with van der Waals surface area (Å²) >= 11 is 0. The molecule has 0 atom stereocenters. The van der Waals surface area contributed by atoms with E-state index in [1.807, 2.05) is 0 Å². The first-order valence-electron chi connectivity index (χ1n) is 32.7. The smallest absolute Gasteiger partial charge is 0.0541 e. The van der Waals surface area contributed by atoms with Crippen molar-refractivity contribution in [3.8, 4) is 106 Å². The SMILES string of the molecule is CN1c2ccc(cc2)-c2ccc(cc2)-c2ccc3c(c2)c2cc(ccc2n3-c2ccccc2)-c2ccc(cc2)-c2ccc3c(c2)c2cc(ccc2n3-c2ccccc2)-c2ccc(cc2)-c2ccc3c(c2)c2cc(ccc2n3-c2ccccc2)-c2ccc(cc2)-c2ccc1cc2. The van der Waals surface area contributed by atoms with Gasteiger partial charge in [-0.25, -0.2) is 0 Å². The van der Waals surface area contributed by atoms with E-state index in [1.165, 1.54) is 154 Å². The Kier molecular flexibility index (Phi) is 12.5. The lowest BCUT2D eigenvalue weighted by molar-refractivity contribution is 1.18. The second kappa shape index (κ2) is 21.8. The standard InChI is InChI=1S/C91H60N4/c1-92-75-43-33-61(34-44-75)59-17-21-63(22-18-59)69-37-47-86-80(53-69)82-55-71(39-49-88(82)93(86)77-11-5-2-6-12-77)65-25-29-67(30-26-65)73-41-51-90-84(57-73)85-58-74(42-52-91(85)95(90)79-15-9-4-10-16-79)68-31-27-66(28-32-68)72-40-50-89-83(56-72)81-54-70(38-48-87(81)94(89)78-13-7-3-8-14-78)64-23-19-60(20-24-64)62-35-45-76(92)46-36-62/h2-58H,1H3. The molecule has 4 heteroatoms. The van der Waals surface area contributed by atoms with E-state index in [9.17, 15) is 0 Å². The topological polar surface area (TPSA) is 18.0 Å². The minimum atomic E-state index is 1.13. The molecule has 0 aliphatic carbocycles. The highest BCUT2D eigenvalue weighted by Crippen LogP contribution is 2.43. The maximum Gasteiger partial charge on any atom is 0.0541 e. The maximum absolute atomic E-state index is 2.41. The Balaban J connectivity index is 0.742. The molecule has 0 fully saturated rings. The highest BCUT2D eigenvalue weighted by molar-refractivity contribution is 6.14. The highest BCUT2D eigenvalue weighted by Gasteiger charge is 2.20. The van der Waals surface area contributed by atoms with E-state index in [0.29, 0.717) is 0 Å². The normalized spacial score (nSPS) is 12.0. The fourth-order valence-electron chi connectivity index (χ4n) is 15.0. The molecule has 0 unspecified atom stereocenters. The fourth-order valence-corrected chi connectivity index (χ4v) is 15.0. The molecule has 27 rings (SSSR count). The van der Waals surface area contributed by atoms with Gasteiger partial charge in [0.2, 0.25) is 0 Å². The Morgan fingerprint density at radius 2 is 0.305 bits per heavy atom. The molecule has 95 heavy (non-hydrogen) atoms. The molecule has 15 aromatic carbocycles. The quantitative estimate of drug-likeness (QED) is 0.172. The van der Waals surface area contributed by atoms with Gasteiger partial charge in [-0.15, -0.1) is 0 Å².